The normalized spacial score (nSPS) is 17.2. The van der Waals surface area contributed by atoms with Crippen LogP contribution in [-0.4, -0.2) is 59.8 Å². The van der Waals surface area contributed by atoms with Crippen molar-refractivity contribution in [1.82, 2.24) is 14.3 Å². The van der Waals surface area contributed by atoms with Crippen molar-refractivity contribution in [3.8, 4) is 5.75 Å². The van der Waals surface area contributed by atoms with Gasteiger partial charge in [0.05, 0.1) is 22.3 Å². The second kappa shape index (κ2) is 11.5. The van der Waals surface area contributed by atoms with Gasteiger partial charge in [0.15, 0.2) is 0 Å². The lowest BCUT2D eigenvalue weighted by Gasteiger charge is -2.31. The van der Waals surface area contributed by atoms with Crippen molar-refractivity contribution >= 4 is 26.0 Å². The van der Waals surface area contributed by atoms with E-state index in [1.807, 2.05) is 13.8 Å². The van der Waals surface area contributed by atoms with E-state index in [-0.39, 0.29) is 35.3 Å². The van der Waals surface area contributed by atoms with Crippen molar-refractivity contribution in [3.63, 3.8) is 0 Å². The maximum absolute atomic E-state index is 13.2. The largest absolute Gasteiger partial charge is 0.494 e. The molecule has 2 aromatic rings. The molecule has 0 aromatic heterocycles. The maximum atomic E-state index is 13.2. The number of piperidine rings is 1. The number of benzene rings is 2. The maximum Gasteiger partial charge on any atom is 0.243 e. The highest BCUT2D eigenvalue weighted by Gasteiger charge is 2.33. The van der Waals surface area contributed by atoms with Crippen molar-refractivity contribution in [2.24, 2.45) is 5.92 Å². The van der Waals surface area contributed by atoms with E-state index in [0.717, 1.165) is 11.1 Å². The van der Waals surface area contributed by atoms with Gasteiger partial charge in [-0.15, -0.1) is 0 Å². The highest BCUT2D eigenvalue weighted by Crippen LogP contribution is 2.27. The van der Waals surface area contributed by atoms with E-state index in [2.05, 4.69) is 10.0 Å². The van der Waals surface area contributed by atoms with Crippen LogP contribution >= 0.6 is 0 Å². The van der Waals surface area contributed by atoms with Gasteiger partial charge in [0.25, 0.3) is 0 Å². The molecule has 0 spiro atoms. The van der Waals surface area contributed by atoms with Gasteiger partial charge < -0.3 is 10.1 Å². The molecule has 1 unspecified atom stereocenters. The third-order valence-corrected chi connectivity index (χ3v) is 9.22. The summed E-state index contributed by atoms with van der Waals surface area (Å²) in [5.74, 6) is -0.154. The molecule has 11 heteroatoms. The molecule has 1 aliphatic heterocycles. The third-order valence-electron chi connectivity index (χ3n) is 5.89. The Balaban J connectivity index is 1.55. The van der Waals surface area contributed by atoms with E-state index < -0.39 is 26.0 Å². The molecule has 2 N–H and O–H groups in total. The van der Waals surface area contributed by atoms with Gasteiger partial charge in [-0.3, -0.25) is 4.79 Å². The topological polar surface area (TPSA) is 122 Å². The zero-order chi connectivity index (χ0) is 25.6. The van der Waals surface area contributed by atoms with Crippen LogP contribution in [0.3, 0.4) is 0 Å². The van der Waals surface area contributed by atoms with E-state index in [0.29, 0.717) is 31.7 Å². The Kier molecular flexibility index (Phi) is 8.92. The van der Waals surface area contributed by atoms with Crippen LogP contribution in [0.25, 0.3) is 0 Å². The lowest BCUT2D eigenvalue weighted by Crippen LogP contribution is -2.46. The average molecular weight is 524 g/mol. The number of sulfonamides is 2. The Morgan fingerprint density at radius 3 is 2.37 bits per heavy atom. The summed E-state index contributed by atoms with van der Waals surface area (Å²) in [5, 5.41) is 2.72. The van der Waals surface area contributed by atoms with Crippen LogP contribution in [-0.2, 0) is 24.8 Å². The molecule has 1 saturated heterocycles. The number of carbonyl (C=O) groups excluding carboxylic acids is 1. The van der Waals surface area contributed by atoms with Crippen molar-refractivity contribution in [2.75, 3.05) is 32.8 Å². The number of nitrogens with one attached hydrogen (secondary N) is 2. The Morgan fingerprint density at radius 2 is 1.71 bits per heavy atom. The van der Waals surface area contributed by atoms with Gasteiger partial charge in [-0.2, -0.15) is 4.31 Å². The predicted octanol–water partition coefficient (Wildman–Crippen LogP) is 2.20. The standard InChI is InChI=1S/C24H33N3O6S2/c1-4-33-23-12-11-22(16-19(23)3)35(31,32)27-15-5-6-20(17-27)24(28)25-13-14-26-34(29,30)21-9-7-18(2)8-10-21/h7-12,16,20,26H,4-6,13-15,17H2,1-3H3,(H,25,28). The van der Waals surface area contributed by atoms with Gasteiger partial charge in [-0.05, 0) is 69.5 Å². The molecule has 3 rings (SSSR count). The molecule has 0 aliphatic carbocycles. The summed E-state index contributed by atoms with van der Waals surface area (Å²) in [6, 6.07) is 11.2. The molecule has 1 amide bonds. The molecule has 1 heterocycles. The van der Waals surface area contributed by atoms with Crippen molar-refractivity contribution in [3.05, 3.63) is 53.6 Å². The molecule has 1 fully saturated rings. The molecule has 1 aliphatic rings. The lowest BCUT2D eigenvalue weighted by molar-refractivity contribution is -0.126. The summed E-state index contributed by atoms with van der Waals surface area (Å²) < 4.78 is 60.4. The molecule has 35 heavy (non-hydrogen) atoms. The van der Waals surface area contributed by atoms with E-state index in [1.165, 1.54) is 22.5 Å². The zero-order valence-electron chi connectivity index (χ0n) is 20.3. The van der Waals surface area contributed by atoms with Crippen molar-refractivity contribution in [2.45, 2.75) is 43.4 Å². The summed E-state index contributed by atoms with van der Waals surface area (Å²) >= 11 is 0. The average Bonchev–Trinajstić information content (AvgIpc) is 2.83. The van der Waals surface area contributed by atoms with Gasteiger partial charge in [-0.1, -0.05) is 17.7 Å². The van der Waals surface area contributed by atoms with Crippen LogP contribution in [0.1, 0.15) is 30.9 Å². The summed E-state index contributed by atoms with van der Waals surface area (Å²) in [4.78, 5) is 13.0. The van der Waals surface area contributed by atoms with E-state index in [9.17, 15) is 21.6 Å². The number of hydrogen-bond donors (Lipinski definition) is 2. The predicted molar refractivity (Wildman–Crippen MR) is 133 cm³/mol. The molecule has 0 bridgehead atoms. The number of ether oxygens (including phenoxy) is 1. The number of amides is 1. The second-order valence-electron chi connectivity index (χ2n) is 8.56. The summed E-state index contributed by atoms with van der Waals surface area (Å²) in [6.45, 7) is 6.57. The third kappa shape index (κ3) is 6.81. The van der Waals surface area contributed by atoms with Gasteiger partial charge in [-0.25, -0.2) is 21.6 Å². The number of nitrogens with zero attached hydrogens (tertiary/aromatic N) is 1. The second-order valence-corrected chi connectivity index (χ2v) is 12.3. The minimum atomic E-state index is -3.75. The van der Waals surface area contributed by atoms with Crippen molar-refractivity contribution < 1.29 is 26.4 Å². The minimum absolute atomic E-state index is 0.0299. The number of carbonyl (C=O) groups is 1. The first-order valence-corrected chi connectivity index (χ1v) is 14.5. The molecule has 1 atom stereocenters. The Morgan fingerprint density at radius 1 is 1.03 bits per heavy atom. The molecule has 9 nitrogen and oxygen atoms in total. The van der Waals surface area contributed by atoms with Gasteiger partial charge in [0.1, 0.15) is 5.75 Å². The molecular formula is C24H33N3O6S2. The van der Waals surface area contributed by atoms with E-state index in [1.54, 1.807) is 31.2 Å². The molecule has 2 aromatic carbocycles. The Labute approximate surface area is 208 Å². The van der Waals surface area contributed by atoms with Crippen LogP contribution in [0.15, 0.2) is 52.3 Å². The number of hydrogen-bond acceptors (Lipinski definition) is 6. The summed E-state index contributed by atoms with van der Waals surface area (Å²) in [5.41, 5.74) is 1.68. The molecule has 0 saturated carbocycles. The highest BCUT2D eigenvalue weighted by molar-refractivity contribution is 7.89. The zero-order valence-corrected chi connectivity index (χ0v) is 21.9. The monoisotopic (exact) mass is 523 g/mol. The smallest absolute Gasteiger partial charge is 0.243 e. The first-order chi connectivity index (χ1) is 16.5. The van der Waals surface area contributed by atoms with Crippen LogP contribution in [0.5, 0.6) is 5.75 Å². The van der Waals surface area contributed by atoms with Gasteiger partial charge >= 0.3 is 0 Å². The Hall–Kier alpha value is -2.47. The Bertz CT molecular complexity index is 1240. The highest BCUT2D eigenvalue weighted by atomic mass is 32.2. The van der Waals surface area contributed by atoms with Crippen LogP contribution in [0.4, 0.5) is 0 Å². The lowest BCUT2D eigenvalue weighted by atomic mass is 9.99. The van der Waals surface area contributed by atoms with Crippen LogP contribution < -0.4 is 14.8 Å². The molecule has 192 valence electrons. The summed E-state index contributed by atoms with van der Waals surface area (Å²) in [6.07, 6.45) is 1.13. The van der Waals surface area contributed by atoms with E-state index in [4.69, 9.17) is 4.74 Å². The summed E-state index contributed by atoms with van der Waals surface area (Å²) in [7, 11) is -7.42. The quantitative estimate of drug-likeness (QED) is 0.461. The molecule has 0 radical (unpaired) electrons. The fraction of sp³-hybridized carbons (Fsp3) is 0.458. The SMILES string of the molecule is CCOc1ccc(S(=O)(=O)N2CCCC(C(=O)NCCNS(=O)(=O)c3ccc(C)cc3)C2)cc1C. The minimum Gasteiger partial charge on any atom is -0.494 e. The fourth-order valence-electron chi connectivity index (χ4n) is 3.94. The van der Waals surface area contributed by atoms with Crippen LogP contribution in [0.2, 0.25) is 0 Å². The number of rotatable bonds is 10. The van der Waals surface area contributed by atoms with Crippen LogP contribution in [0, 0.1) is 19.8 Å². The van der Waals surface area contributed by atoms with Gasteiger partial charge in [0, 0.05) is 26.2 Å². The fourth-order valence-corrected chi connectivity index (χ4v) is 6.58. The first-order valence-electron chi connectivity index (χ1n) is 11.6. The van der Waals surface area contributed by atoms with E-state index >= 15 is 0 Å². The first kappa shape index (κ1) is 27.1. The van der Waals surface area contributed by atoms with Gasteiger partial charge in [0.2, 0.25) is 26.0 Å². The van der Waals surface area contributed by atoms with Crippen molar-refractivity contribution in [1.29, 1.82) is 0 Å². The molecular weight excluding hydrogens is 490 g/mol. The number of aryl methyl sites for hydroxylation is 2.